The summed E-state index contributed by atoms with van der Waals surface area (Å²) in [5.74, 6) is 0.455. The number of hydrogen-bond donors (Lipinski definition) is 1. The van der Waals surface area contributed by atoms with Gasteiger partial charge in [0.1, 0.15) is 14.2 Å². The van der Waals surface area contributed by atoms with Crippen LogP contribution < -0.4 is 0 Å². The number of rotatable bonds is 11. The highest BCUT2D eigenvalue weighted by Crippen LogP contribution is 2.42. The van der Waals surface area contributed by atoms with Crippen molar-refractivity contribution in [1.82, 2.24) is 0 Å². The van der Waals surface area contributed by atoms with Crippen LogP contribution in [0.5, 0.6) is 0 Å². The number of carbonyl (C=O) groups is 5. The predicted octanol–water partition coefficient (Wildman–Crippen LogP) is 9.25. The average molecular weight is 949 g/mol. The molecule has 4 aromatic carbocycles. The van der Waals surface area contributed by atoms with Gasteiger partial charge in [0, 0.05) is 17.8 Å². The zero-order valence-corrected chi connectivity index (χ0v) is 41.3. The molecule has 3 heterocycles. The fourth-order valence-electron chi connectivity index (χ4n) is 7.76. The van der Waals surface area contributed by atoms with Crippen LogP contribution in [0.4, 0.5) is 0 Å². The van der Waals surface area contributed by atoms with E-state index in [1.54, 1.807) is 104 Å². The van der Waals surface area contributed by atoms with E-state index in [0.29, 0.717) is 28.7 Å². The van der Waals surface area contributed by atoms with Gasteiger partial charge < -0.3 is 38.3 Å². The molecule has 13 nitrogen and oxygen atoms in total. The van der Waals surface area contributed by atoms with E-state index in [2.05, 4.69) is 31.1 Å². The minimum absolute atomic E-state index is 0.0245. The van der Waals surface area contributed by atoms with Gasteiger partial charge in [0.15, 0.2) is 0 Å². The van der Waals surface area contributed by atoms with Crippen LogP contribution in [0, 0.1) is 29.2 Å². The Labute approximate surface area is 400 Å². The molecule has 1 N–H and O–H groups in total. The molecule has 3 aliphatic heterocycles. The molecule has 3 saturated heterocycles. The summed E-state index contributed by atoms with van der Waals surface area (Å²) >= 11 is 0. The van der Waals surface area contributed by atoms with E-state index in [4.69, 9.17) is 33.2 Å². The number of hydrogen-bond acceptors (Lipinski definition) is 13. The molecule has 0 spiro atoms. The third kappa shape index (κ3) is 13.6. The first-order chi connectivity index (χ1) is 32.4. The van der Waals surface area contributed by atoms with Gasteiger partial charge in [-0.2, -0.15) is 0 Å². The lowest BCUT2D eigenvalue weighted by molar-refractivity contribution is -0.156. The fourth-order valence-corrected chi connectivity index (χ4v) is 8.33. The molecule has 68 heavy (non-hydrogen) atoms. The predicted molar refractivity (Wildman–Crippen MR) is 257 cm³/mol. The molecule has 0 bridgehead atoms. The molecule has 0 aliphatic carbocycles. The lowest BCUT2D eigenvalue weighted by atomic mass is 9.86. The van der Waals surface area contributed by atoms with Gasteiger partial charge >= 0.3 is 23.9 Å². The molecule has 0 amide bonds. The first-order valence-electron chi connectivity index (χ1n) is 23.2. The van der Waals surface area contributed by atoms with Gasteiger partial charge in [-0.05, 0) is 67.8 Å². The lowest BCUT2D eigenvalue weighted by Crippen LogP contribution is -2.49. The third-order valence-electron chi connectivity index (χ3n) is 11.9. The van der Waals surface area contributed by atoms with Gasteiger partial charge in [0.05, 0.1) is 40.6 Å². The Morgan fingerprint density at radius 1 is 0.588 bits per heavy atom. The third-order valence-corrected chi connectivity index (χ3v) is 12.8. The highest BCUT2D eigenvalue weighted by atomic mass is 28.3. The number of aliphatic hydroxyl groups is 1. The average Bonchev–Trinajstić information content (AvgIpc) is 3.89. The number of aliphatic hydroxyl groups excluding tert-OH is 1. The zero-order chi connectivity index (χ0) is 49.6. The molecule has 3 aliphatic rings. The summed E-state index contributed by atoms with van der Waals surface area (Å²) in [5, 5.41) is 9.95. The number of Topliss-reactive ketones (excluding diaryl/α,β-unsaturated/α-hetero) is 1. The van der Waals surface area contributed by atoms with Gasteiger partial charge in [-0.25, -0.2) is 19.2 Å². The molecule has 3 fully saturated rings. The highest BCUT2D eigenvalue weighted by molar-refractivity contribution is 6.83. The quantitative estimate of drug-likeness (QED) is 0.0654. The molecule has 14 heteroatoms. The van der Waals surface area contributed by atoms with Crippen molar-refractivity contribution in [1.29, 1.82) is 0 Å². The van der Waals surface area contributed by atoms with Crippen LogP contribution >= 0.6 is 0 Å². The summed E-state index contributed by atoms with van der Waals surface area (Å²) in [6, 6.07) is 34.7. The maximum atomic E-state index is 13.1. The van der Waals surface area contributed by atoms with Crippen molar-refractivity contribution in [2.75, 3.05) is 0 Å². The molecule has 7 rings (SSSR count). The van der Waals surface area contributed by atoms with Crippen LogP contribution in [-0.4, -0.2) is 91.7 Å². The summed E-state index contributed by atoms with van der Waals surface area (Å²) < 4.78 is 39.3. The number of esters is 4. The molecular weight excluding hydrogens is 885 g/mol. The number of ketones is 1. The second-order valence-corrected chi connectivity index (χ2v) is 22.7. The van der Waals surface area contributed by atoms with Crippen molar-refractivity contribution >= 4 is 37.7 Å². The topological polar surface area (TPSA) is 170 Å². The standard InChI is InChI=1S/C26H30O5Si.C14H18O4.C14H16O4/c1-6-22-19(2)26(17-18-32(3,4)5,31-24(28)21-15-11-8-12-16-21)25(29-22)30-23(27)20-13-9-7-10-14-20;2*1-3-11-9(2)12(15)14(17-11)18-13(16)10-7-5-4-6-8-10/h7-16,19,22,25H,6H2,1-5H3;4-9,11-12,14-15H,3H2,1-2H3;4-9,11,14H,3H2,1-2H3/t19-,22+,25-,26?;9-,11+,12?,14+;9-,11+,14+/m000/s1. The van der Waals surface area contributed by atoms with Gasteiger partial charge in [-0.15, -0.1) is 5.54 Å². The maximum absolute atomic E-state index is 13.1. The van der Waals surface area contributed by atoms with Crippen molar-refractivity contribution in [3.8, 4) is 11.5 Å². The number of benzene rings is 4. The van der Waals surface area contributed by atoms with Crippen LogP contribution in [-0.2, 0) is 38.0 Å². The molecule has 4 aromatic rings. The molecule has 2 unspecified atom stereocenters. The van der Waals surface area contributed by atoms with Crippen LogP contribution in [0.3, 0.4) is 0 Å². The number of ether oxygens (including phenoxy) is 7. The van der Waals surface area contributed by atoms with Crippen LogP contribution in [0.1, 0.15) is 102 Å². The van der Waals surface area contributed by atoms with Crippen molar-refractivity contribution in [2.24, 2.45) is 17.8 Å². The van der Waals surface area contributed by atoms with Gasteiger partial charge in [-0.1, -0.05) is 140 Å². The van der Waals surface area contributed by atoms with Crippen molar-refractivity contribution in [2.45, 2.75) is 129 Å². The van der Waals surface area contributed by atoms with Crippen molar-refractivity contribution in [3.63, 3.8) is 0 Å². The van der Waals surface area contributed by atoms with E-state index in [1.165, 1.54) is 0 Å². The summed E-state index contributed by atoms with van der Waals surface area (Å²) in [7, 11) is -1.85. The monoisotopic (exact) mass is 948 g/mol. The molecule has 362 valence electrons. The summed E-state index contributed by atoms with van der Waals surface area (Å²) in [4.78, 5) is 61.4. The molecule has 0 aromatic heterocycles. The highest BCUT2D eigenvalue weighted by Gasteiger charge is 2.59. The Balaban J connectivity index is 0.000000205. The van der Waals surface area contributed by atoms with Gasteiger partial charge in [-0.3, -0.25) is 4.79 Å². The van der Waals surface area contributed by atoms with E-state index < -0.39 is 62.5 Å². The van der Waals surface area contributed by atoms with E-state index in [0.717, 1.165) is 12.8 Å². The van der Waals surface area contributed by atoms with E-state index in [-0.39, 0.29) is 41.8 Å². The molecular formula is C54H64O13Si. The second kappa shape index (κ2) is 24.4. The van der Waals surface area contributed by atoms with Crippen LogP contribution in [0.15, 0.2) is 121 Å². The molecule has 0 radical (unpaired) electrons. The van der Waals surface area contributed by atoms with E-state index in [1.807, 2.05) is 58.9 Å². The molecule has 11 atom stereocenters. The Kier molecular flexibility index (Phi) is 19.0. The van der Waals surface area contributed by atoms with Crippen molar-refractivity contribution < 1.29 is 62.2 Å². The Hall–Kier alpha value is -5.95. The summed E-state index contributed by atoms with van der Waals surface area (Å²) in [5.41, 5.74) is 3.59. The summed E-state index contributed by atoms with van der Waals surface area (Å²) in [6.07, 6.45) is -2.13. The Bertz CT molecular complexity index is 2350. The van der Waals surface area contributed by atoms with Gasteiger partial charge in [0.25, 0.3) is 12.6 Å². The van der Waals surface area contributed by atoms with Crippen LogP contribution in [0.2, 0.25) is 19.6 Å². The SMILES string of the molecule is CC[C@H]1O[C@@H](OC(=O)c2ccccc2)C(C#C[Si](C)(C)C)(OC(=O)c2ccccc2)[C@H]1C.CC[C@H]1O[C@H](OC(=O)c2ccccc2)C(=O)[C@H]1C.CC[C@H]1O[C@H](OC(=O)c2ccccc2)C(O)[C@H]1C. The molecule has 0 saturated carbocycles. The minimum atomic E-state index is -1.85. The minimum Gasteiger partial charge on any atom is -0.435 e. The first kappa shape index (κ1) is 53.0. The lowest BCUT2D eigenvalue weighted by Gasteiger charge is -2.32. The van der Waals surface area contributed by atoms with E-state index in [9.17, 15) is 29.1 Å². The fraction of sp³-hybridized carbons (Fsp3) is 0.426. The maximum Gasteiger partial charge on any atom is 0.340 e. The summed E-state index contributed by atoms with van der Waals surface area (Å²) in [6.45, 7) is 17.9. The number of carbonyl (C=O) groups excluding carboxylic acids is 5. The first-order valence-corrected chi connectivity index (χ1v) is 26.7. The smallest absolute Gasteiger partial charge is 0.340 e. The van der Waals surface area contributed by atoms with Gasteiger partial charge in [0.2, 0.25) is 17.7 Å². The van der Waals surface area contributed by atoms with Crippen LogP contribution in [0.25, 0.3) is 0 Å². The second-order valence-electron chi connectivity index (χ2n) is 18.0. The largest absolute Gasteiger partial charge is 0.435 e. The van der Waals surface area contributed by atoms with Crippen molar-refractivity contribution in [3.05, 3.63) is 144 Å². The Morgan fingerprint density at radius 2 is 1.01 bits per heavy atom. The van der Waals surface area contributed by atoms with E-state index >= 15 is 0 Å². The normalized spacial score (nSPS) is 27.2. The zero-order valence-electron chi connectivity index (χ0n) is 40.3. The Morgan fingerprint density at radius 3 is 1.43 bits per heavy atom.